The molecule has 0 aromatic heterocycles. The van der Waals surface area contributed by atoms with Crippen molar-refractivity contribution in [3.63, 3.8) is 0 Å². The van der Waals surface area contributed by atoms with Crippen LogP contribution in [0.25, 0.3) is 98.7 Å². The van der Waals surface area contributed by atoms with Crippen LogP contribution >= 0.6 is 0 Å². The van der Waals surface area contributed by atoms with E-state index in [9.17, 15) is 0 Å². The summed E-state index contributed by atoms with van der Waals surface area (Å²) in [6.45, 7) is 8.58. The van der Waals surface area contributed by atoms with E-state index in [1.165, 1.54) is 22.3 Å². The molecule has 0 atom stereocenters. The first-order chi connectivity index (χ1) is 28.3. The van der Waals surface area contributed by atoms with Crippen LogP contribution in [-0.4, -0.2) is 0 Å². The Morgan fingerprint density at radius 2 is 0.552 bits per heavy atom. The van der Waals surface area contributed by atoms with E-state index in [1.54, 1.807) is 0 Å². The Kier molecular flexibility index (Phi) is 8.39. The van der Waals surface area contributed by atoms with Gasteiger partial charge in [-0.1, -0.05) is 192 Å². The molecule has 10 aromatic rings. The predicted octanol–water partition coefficient (Wildman–Crippen LogP) is 15.0. The van der Waals surface area contributed by atoms with E-state index in [4.69, 9.17) is 11.5 Å². The number of hydrogen-bond acceptors (Lipinski definition) is 2. The molecule has 0 spiro atoms. The third kappa shape index (κ3) is 5.64. The average molecular weight is 745 g/mol. The maximum absolute atomic E-state index is 7.36. The lowest BCUT2D eigenvalue weighted by Gasteiger charge is -2.25. The SMILES string of the molecule is Cc1ccc(-c2ccc3c(N)c4ccccc4c(-c4c5ccccc5c(N)c5ccc(-c6ccc(C)cc6)c(-c6ccc(C)cc6)c45)c3c2-c2ccc(C)cc2)cc1. The number of nitrogens with two attached hydrogens (primary N) is 2. The van der Waals surface area contributed by atoms with Crippen molar-refractivity contribution < 1.29 is 0 Å². The van der Waals surface area contributed by atoms with E-state index in [1.807, 2.05) is 0 Å². The quantitative estimate of drug-likeness (QED) is 0.136. The number of anilines is 2. The first kappa shape index (κ1) is 35.3. The van der Waals surface area contributed by atoms with Gasteiger partial charge in [0.05, 0.1) is 0 Å². The highest BCUT2D eigenvalue weighted by Gasteiger charge is 2.27. The molecule has 0 unspecified atom stereocenters. The summed E-state index contributed by atoms with van der Waals surface area (Å²) in [6.07, 6.45) is 0. The summed E-state index contributed by atoms with van der Waals surface area (Å²) in [5.74, 6) is 0. The van der Waals surface area contributed by atoms with E-state index in [0.29, 0.717) is 0 Å². The zero-order valence-electron chi connectivity index (χ0n) is 33.3. The maximum atomic E-state index is 7.36. The van der Waals surface area contributed by atoms with E-state index in [-0.39, 0.29) is 0 Å². The predicted molar refractivity (Wildman–Crippen MR) is 251 cm³/mol. The fourth-order valence-corrected chi connectivity index (χ4v) is 9.11. The van der Waals surface area contributed by atoms with Gasteiger partial charge in [0.1, 0.15) is 0 Å². The Labute approximate surface area is 340 Å². The largest absolute Gasteiger partial charge is 0.398 e. The lowest BCUT2D eigenvalue weighted by molar-refractivity contribution is 1.46. The Morgan fingerprint density at radius 1 is 0.259 bits per heavy atom. The molecular weight excluding hydrogens is 701 g/mol. The van der Waals surface area contributed by atoms with Gasteiger partial charge in [-0.15, -0.1) is 0 Å². The summed E-state index contributed by atoms with van der Waals surface area (Å²) in [6, 6.07) is 62.1. The van der Waals surface area contributed by atoms with Crippen LogP contribution in [0.2, 0.25) is 0 Å². The van der Waals surface area contributed by atoms with E-state index >= 15 is 0 Å². The highest BCUT2D eigenvalue weighted by atomic mass is 14.6. The van der Waals surface area contributed by atoms with Crippen LogP contribution in [-0.2, 0) is 0 Å². The minimum absolute atomic E-state index is 0.779. The summed E-state index contributed by atoms with van der Waals surface area (Å²) >= 11 is 0. The van der Waals surface area contributed by atoms with Crippen LogP contribution in [0.1, 0.15) is 22.3 Å². The minimum atomic E-state index is 0.779. The standard InChI is InChI=1S/C56H44N2/c1-33-13-21-37(22-14-33)41-29-31-47-53(49(41)39-25-17-35(3)18-26-39)51(43-9-5-7-11-45(43)55(47)57)52-44-10-6-8-12-46(44)56(58)48-32-30-42(38-23-15-34(2)16-24-38)50(54(48)52)40-27-19-36(4)20-28-40/h5-32H,57-58H2,1-4H3. The molecule has 0 amide bonds. The van der Waals surface area contributed by atoms with Crippen molar-refractivity contribution in [3.05, 3.63) is 192 Å². The molecule has 0 fully saturated rings. The molecule has 0 heterocycles. The number of nitrogen functional groups attached to an aromatic ring is 2. The number of fused-ring (bicyclic) bond motifs is 4. The second-order valence-corrected chi connectivity index (χ2v) is 16.0. The van der Waals surface area contributed by atoms with Gasteiger partial charge in [0.15, 0.2) is 0 Å². The van der Waals surface area contributed by atoms with Gasteiger partial charge in [0.2, 0.25) is 0 Å². The van der Waals surface area contributed by atoms with Crippen LogP contribution in [0.15, 0.2) is 170 Å². The molecule has 10 rings (SSSR count). The molecule has 0 radical (unpaired) electrons. The van der Waals surface area contributed by atoms with Gasteiger partial charge in [-0.25, -0.2) is 0 Å². The van der Waals surface area contributed by atoms with E-state index in [0.717, 1.165) is 110 Å². The summed E-state index contributed by atoms with van der Waals surface area (Å²) in [4.78, 5) is 0. The van der Waals surface area contributed by atoms with Crippen molar-refractivity contribution in [2.45, 2.75) is 27.7 Å². The van der Waals surface area contributed by atoms with Crippen LogP contribution in [0.4, 0.5) is 11.4 Å². The Balaban J connectivity index is 1.51. The highest BCUT2D eigenvalue weighted by Crippen LogP contribution is 2.54. The summed E-state index contributed by atoms with van der Waals surface area (Å²) in [7, 11) is 0. The zero-order valence-corrected chi connectivity index (χ0v) is 33.3. The Hall–Kier alpha value is -7.16. The molecule has 278 valence electrons. The molecule has 0 bridgehead atoms. The summed E-state index contributed by atoms with van der Waals surface area (Å²) in [5.41, 5.74) is 32.7. The third-order valence-corrected chi connectivity index (χ3v) is 12.1. The third-order valence-electron chi connectivity index (χ3n) is 12.1. The van der Waals surface area contributed by atoms with Gasteiger partial charge in [-0.2, -0.15) is 0 Å². The van der Waals surface area contributed by atoms with Crippen LogP contribution in [0, 0.1) is 27.7 Å². The van der Waals surface area contributed by atoms with E-state index in [2.05, 4.69) is 198 Å². The number of benzene rings is 10. The lowest BCUT2D eigenvalue weighted by Crippen LogP contribution is -2.01. The fraction of sp³-hybridized carbons (Fsp3) is 0.0714. The number of hydrogen-bond donors (Lipinski definition) is 2. The van der Waals surface area contributed by atoms with Crippen molar-refractivity contribution in [1.82, 2.24) is 0 Å². The maximum Gasteiger partial charge on any atom is 0.0474 e. The molecule has 4 N–H and O–H groups in total. The average Bonchev–Trinajstić information content (AvgIpc) is 3.25. The topological polar surface area (TPSA) is 52.0 Å². The molecule has 0 saturated carbocycles. The van der Waals surface area contributed by atoms with Crippen LogP contribution in [0.3, 0.4) is 0 Å². The number of rotatable bonds is 5. The van der Waals surface area contributed by atoms with Gasteiger partial charge in [0.25, 0.3) is 0 Å². The molecule has 58 heavy (non-hydrogen) atoms. The van der Waals surface area contributed by atoms with Crippen molar-refractivity contribution in [2.75, 3.05) is 11.5 Å². The van der Waals surface area contributed by atoms with Gasteiger partial charge >= 0.3 is 0 Å². The first-order valence-corrected chi connectivity index (χ1v) is 20.1. The summed E-state index contributed by atoms with van der Waals surface area (Å²) in [5, 5.41) is 8.59. The van der Waals surface area contributed by atoms with Gasteiger partial charge in [0, 0.05) is 43.7 Å². The second kappa shape index (κ2) is 13.8. The highest BCUT2D eigenvalue weighted by molar-refractivity contribution is 6.33. The molecule has 0 aliphatic rings. The molecule has 0 aliphatic carbocycles. The molecule has 2 heteroatoms. The second-order valence-electron chi connectivity index (χ2n) is 16.0. The van der Waals surface area contributed by atoms with Crippen LogP contribution < -0.4 is 11.5 Å². The Morgan fingerprint density at radius 3 is 0.879 bits per heavy atom. The normalized spacial score (nSPS) is 11.6. The van der Waals surface area contributed by atoms with Crippen molar-refractivity contribution in [2.24, 2.45) is 0 Å². The van der Waals surface area contributed by atoms with Crippen LogP contribution in [0.5, 0.6) is 0 Å². The fourth-order valence-electron chi connectivity index (χ4n) is 9.11. The molecular formula is C56H44N2. The molecule has 0 aliphatic heterocycles. The summed E-state index contributed by atoms with van der Waals surface area (Å²) < 4.78 is 0. The van der Waals surface area contributed by atoms with Crippen molar-refractivity contribution in [3.8, 4) is 55.6 Å². The Bertz CT molecular complexity index is 3000. The molecule has 10 aromatic carbocycles. The van der Waals surface area contributed by atoms with E-state index < -0.39 is 0 Å². The van der Waals surface area contributed by atoms with Gasteiger partial charge in [-0.05, 0) is 94.1 Å². The molecule has 2 nitrogen and oxygen atoms in total. The van der Waals surface area contributed by atoms with Crippen molar-refractivity contribution >= 4 is 54.5 Å². The zero-order chi connectivity index (χ0) is 39.7. The smallest absolute Gasteiger partial charge is 0.0474 e. The van der Waals surface area contributed by atoms with Gasteiger partial charge < -0.3 is 11.5 Å². The lowest BCUT2D eigenvalue weighted by atomic mass is 9.78. The molecule has 0 saturated heterocycles. The first-order valence-electron chi connectivity index (χ1n) is 20.1. The van der Waals surface area contributed by atoms with Crippen molar-refractivity contribution in [1.29, 1.82) is 0 Å². The monoisotopic (exact) mass is 744 g/mol. The minimum Gasteiger partial charge on any atom is -0.398 e. The number of aryl methyl sites for hydroxylation is 4. The van der Waals surface area contributed by atoms with Gasteiger partial charge in [-0.3, -0.25) is 0 Å².